The second-order valence-electron chi connectivity index (χ2n) is 5.54. The Kier molecular flexibility index (Phi) is 5.19. The van der Waals surface area contributed by atoms with E-state index in [-0.39, 0.29) is 10.6 Å². The van der Waals surface area contributed by atoms with Crippen LogP contribution in [0.1, 0.15) is 55.3 Å². The first-order chi connectivity index (χ1) is 10.1. The molecule has 1 aliphatic carbocycles. The molecule has 5 heteroatoms. The molecule has 0 spiro atoms. The minimum atomic E-state index is -0.840. The number of nitriles is 1. The van der Waals surface area contributed by atoms with Crippen LogP contribution in [0, 0.1) is 17.1 Å². The van der Waals surface area contributed by atoms with Crippen LogP contribution in [0.3, 0.4) is 0 Å². The van der Waals surface area contributed by atoms with Gasteiger partial charge >= 0.3 is 0 Å². The number of carbonyl (C=O) groups excluding carboxylic acids is 1. The predicted molar refractivity (Wildman–Crippen MR) is 79.5 cm³/mol. The van der Waals surface area contributed by atoms with Gasteiger partial charge in [0.15, 0.2) is 0 Å². The molecule has 0 aromatic heterocycles. The number of nitrogens with one attached hydrogen (secondary N) is 1. The minimum absolute atomic E-state index is 0.0208. The molecule has 1 amide bonds. The number of hydrogen-bond donors (Lipinski definition) is 1. The summed E-state index contributed by atoms with van der Waals surface area (Å²) in [6.45, 7) is 0. The molecule has 1 aliphatic rings. The molecule has 112 valence electrons. The van der Waals surface area contributed by atoms with Crippen LogP contribution < -0.4 is 5.32 Å². The summed E-state index contributed by atoms with van der Waals surface area (Å²) >= 11 is 5.61. The van der Waals surface area contributed by atoms with E-state index in [0.717, 1.165) is 31.7 Å². The molecule has 0 radical (unpaired) electrons. The lowest BCUT2D eigenvalue weighted by atomic mass is 9.85. The van der Waals surface area contributed by atoms with Crippen LogP contribution in [0.15, 0.2) is 18.2 Å². The molecule has 1 aromatic carbocycles. The van der Waals surface area contributed by atoms with Crippen molar-refractivity contribution in [2.75, 3.05) is 0 Å². The lowest BCUT2D eigenvalue weighted by Gasteiger charge is -2.29. The summed E-state index contributed by atoms with van der Waals surface area (Å²) in [6.07, 6.45) is 6.46. The molecule has 0 unspecified atom stereocenters. The smallest absolute Gasteiger partial charge is 0.252 e. The van der Waals surface area contributed by atoms with Crippen LogP contribution >= 0.6 is 11.6 Å². The maximum Gasteiger partial charge on any atom is 0.252 e. The van der Waals surface area contributed by atoms with Gasteiger partial charge in [0.05, 0.1) is 11.1 Å². The van der Waals surface area contributed by atoms with Gasteiger partial charge in [-0.05, 0) is 31.0 Å². The SMILES string of the molecule is N#CC1(NC(=O)c2ccc(Cl)c(F)c2)CCCCCCC1. The monoisotopic (exact) mass is 308 g/mol. The van der Waals surface area contributed by atoms with Gasteiger partial charge in [0.25, 0.3) is 5.91 Å². The van der Waals surface area contributed by atoms with Gasteiger partial charge in [0.2, 0.25) is 0 Å². The topological polar surface area (TPSA) is 52.9 Å². The third-order valence-corrected chi connectivity index (χ3v) is 4.26. The molecular weight excluding hydrogens is 291 g/mol. The maximum absolute atomic E-state index is 13.4. The quantitative estimate of drug-likeness (QED) is 0.889. The summed E-state index contributed by atoms with van der Waals surface area (Å²) in [5.41, 5.74) is -0.651. The number of carbonyl (C=O) groups is 1. The van der Waals surface area contributed by atoms with E-state index in [1.54, 1.807) is 0 Å². The van der Waals surface area contributed by atoms with Crippen LogP contribution in [0.25, 0.3) is 0 Å². The van der Waals surface area contributed by atoms with E-state index >= 15 is 0 Å². The number of amides is 1. The average Bonchev–Trinajstić information content (AvgIpc) is 2.45. The van der Waals surface area contributed by atoms with Crippen LogP contribution in [0.2, 0.25) is 5.02 Å². The summed E-state index contributed by atoms with van der Waals surface area (Å²) in [5, 5.41) is 12.3. The molecule has 1 N–H and O–H groups in total. The Bertz CT molecular complexity index is 560. The zero-order valence-electron chi connectivity index (χ0n) is 11.8. The van der Waals surface area contributed by atoms with Crippen LogP contribution in [0.4, 0.5) is 4.39 Å². The van der Waals surface area contributed by atoms with Crippen LogP contribution in [-0.2, 0) is 0 Å². The fraction of sp³-hybridized carbons (Fsp3) is 0.500. The van der Waals surface area contributed by atoms with Gasteiger partial charge in [-0.2, -0.15) is 5.26 Å². The molecule has 2 rings (SSSR count). The van der Waals surface area contributed by atoms with Crippen molar-refractivity contribution in [3.63, 3.8) is 0 Å². The van der Waals surface area contributed by atoms with E-state index in [0.29, 0.717) is 12.8 Å². The number of halogens is 2. The second-order valence-corrected chi connectivity index (χ2v) is 5.95. The average molecular weight is 309 g/mol. The molecular formula is C16H18ClFN2O. The molecule has 0 heterocycles. The molecule has 1 fully saturated rings. The molecule has 3 nitrogen and oxygen atoms in total. The molecule has 1 saturated carbocycles. The maximum atomic E-state index is 13.4. The molecule has 0 saturated heterocycles. The zero-order valence-corrected chi connectivity index (χ0v) is 12.5. The van der Waals surface area contributed by atoms with Gasteiger partial charge < -0.3 is 5.32 Å². The molecule has 21 heavy (non-hydrogen) atoms. The lowest BCUT2D eigenvalue weighted by Crippen LogP contribution is -2.47. The summed E-state index contributed by atoms with van der Waals surface area (Å²) in [7, 11) is 0. The first kappa shape index (κ1) is 15.8. The third-order valence-electron chi connectivity index (χ3n) is 3.96. The van der Waals surface area contributed by atoms with Gasteiger partial charge in [-0.15, -0.1) is 0 Å². The van der Waals surface area contributed by atoms with Crippen molar-refractivity contribution in [3.8, 4) is 6.07 Å². The summed E-state index contributed by atoms with van der Waals surface area (Å²) in [5.74, 6) is -1.05. The van der Waals surface area contributed by atoms with Gasteiger partial charge in [-0.3, -0.25) is 4.79 Å². The fourth-order valence-electron chi connectivity index (χ4n) is 2.70. The highest BCUT2D eigenvalue weighted by Gasteiger charge is 2.32. The fourth-order valence-corrected chi connectivity index (χ4v) is 2.82. The van der Waals surface area contributed by atoms with Crippen molar-refractivity contribution in [2.24, 2.45) is 0 Å². The van der Waals surface area contributed by atoms with Crippen molar-refractivity contribution in [1.29, 1.82) is 5.26 Å². The lowest BCUT2D eigenvalue weighted by molar-refractivity contribution is 0.0907. The van der Waals surface area contributed by atoms with Gasteiger partial charge in [0.1, 0.15) is 11.4 Å². The summed E-state index contributed by atoms with van der Waals surface area (Å²) < 4.78 is 13.4. The molecule has 0 bridgehead atoms. The Morgan fingerprint density at radius 3 is 2.43 bits per heavy atom. The zero-order chi connectivity index (χ0) is 15.3. The van der Waals surface area contributed by atoms with E-state index in [1.165, 1.54) is 18.6 Å². The normalized spacial score (nSPS) is 18.1. The highest BCUT2D eigenvalue weighted by molar-refractivity contribution is 6.30. The van der Waals surface area contributed by atoms with Crippen molar-refractivity contribution in [1.82, 2.24) is 5.32 Å². The predicted octanol–water partition coefficient (Wildman–Crippen LogP) is 4.22. The first-order valence-electron chi connectivity index (χ1n) is 7.25. The van der Waals surface area contributed by atoms with Crippen molar-refractivity contribution in [2.45, 2.75) is 50.5 Å². The minimum Gasteiger partial charge on any atom is -0.334 e. The highest BCUT2D eigenvalue weighted by Crippen LogP contribution is 2.26. The van der Waals surface area contributed by atoms with Crippen molar-refractivity contribution in [3.05, 3.63) is 34.6 Å². The van der Waals surface area contributed by atoms with Crippen molar-refractivity contribution < 1.29 is 9.18 Å². The summed E-state index contributed by atoms with van der Waals surface area (Å²) in [4.78, 5) is 12.3. The Morgan fingerprint density at radius 2 is 1.86 bits per heavy atom. The Labute approximate surface area is 129 Å². The Morgan fingerprint density at radius 1 is 1.24 bits per heavy atom. The molecule has 0 atom stereocenters. The Balaban J connectivity index is 2.14. The number of rotatable bonds is 2. The van der Waals surface area contributed by atoms with Gasteiger partial charge in [-0.25, -0.2) is 4.39 Å². The van der Waals surface area contributed by atoms with E-state index in [9.17, 15) is 14.4 Å². The molecule has 1 aromatic rings. The van der Waals surface area contributed by atoms with E-state index in [2.05, 4.69) is 11.4 Å². The number of hydrogen-bond acceptors (Lipinski definition) is 2. The van der Waals surface area contributed by atoms with Gasteiger partial charge in [0, 0.05) is 5.56 Å². The molecule has 0 aliphatic heterocycles. The van der Waals surface area contributed by atoms with Crippen molar-refractivity contribution >= 4 is 17.5 Å². The van der Waals surface area contributed by atoms with Crippen LogP contribution in [0.5, 0.6) is 0 Å². The largest absolute Gasteiger partial charge is 0.334 e. The van der Waals surface area contributed by atoms with Gasteiger partial charge in [-0.1, -0.05) is 43.7 Å². The second kappa shape index (κ2) is 6.91. The van der Waals surface area contributed by atoms with E-state index in [1.807, 2.05) is 0 Å². The standard InChI is InChI=1S/C16H18ClFN2O/c17-13-7-6-12(10-14(13)18)15(21)20-16(11-19)8-4-2-1-3-5-9-16/h6-7,10H,1-5,8-9H2,(H,20,21). The number of benzene rings is 1. The first-order valence-corrected chi connectivity index (χ1v) is 7.63. The van der Waals surface area contributed by atoms with E-state index in [4.69, 9.17) is 11.6 Å². The third kappa shape index (κ3) is 3.95. The van der Waals surface area contributed by atoms with Crippen LogP contribution in [-0.4, -0.2) is 11.4 Å². The summed E-state index contributed by atoms with van der Waals surface area (Å²) in [6, 6.07) is 6.18. The highest BCUT2D eigenvalue weighted by atomic mass is 35.5. The number of nitrogens with zero attached hydrogens (tertiary/aromatic N) is 1. The Hall–Kier alpha value is -1.60. The van der Waals surface area contributed by atoms with E-state index < -0.39 is 17.3 Å².